The molecule has 0 aliphatic carbocycles. The van der Waals surface area contributed by atoms with Gasteiger partial charge in [-0.05, 0) is 74.2 Å². The molecule has 0 saturated carbocycles. The first-order valence-corrected chi connectivity index (χ1v) is 10.6. The molecule has 146 valence electrons. The fourth-order valence-corrected chi connectivity index (χ4v) is 4.18. The fraction of sp³-hybridized carbons (Fsp3) is 0.217. The Labute approximate surface area is 166 Å². The number of nitrogens with one attached hydrogen (secondary N) is 1. The molecule has 0 amide bonds. The maximum absolute atomic E-state index is 12.7. The highest BCUT2D eigenvalue weighted by atomic mass is 32.2. The van der Waals surface area contributed by atoms with E-state index in [1.165, 1.54) is 5.56 Å². The van der Waals surface area contributed by atoms with Crippen LogP contribution in [-0.4, -0.2) is 13.5 Å². The molecule has 0 aliphatic heterocycles. The first kappa shape index (κ1) is 20.1. The van der Waals surface area contributed by atoms with E-state index < -0.39 is 15.6 Å². The average Bonchev–Trinajstić information content (AvgIpc) is 2.61. The second kappa shape index (κ2) is 7.41. The Bertz CT molecular complexity index is 1100. The predicted octanol–water partition coefficient (Wildman–Crippen LogP) is 5.00. The molecule has 0 unspecified atom stereocenters. The molecule has 0 atom stereocenters. The zero-order valence-electron chi connectivity index (χ0n) is 16.5. The molecular formula is C23H25NO3S. The van der Waals surface area contributed by atoms with E-state index in [4.69, 9.17) is 0 Å². The lowest BCUT2D eigenvalue weighted by molar-refractivity contribution is 0.0786. The van der Waals surface area contributed by atoms with Gasteiger partial charge in [-0.3, -0.25) is 4.72 Å². The zero-order chi connectivity index (χ0) is 20.5. The maximum atomic E-state index is 12.7. The van der Waals surface area contributed by atoms with Crippen molar-refractivity contribution in [3.8, 4) is 11.1 Å². The summed E-state index contributed by atoms with van der Waals surface area (Å²) in [5.41, 5.74) is 4.40. The number of anilines is 1. The topological polar surface area (TPSA) is 66.4 Å². The molecule has 5 heteroatoms. The number of aliphatic hydroxyl groups is 1. The van der Waals surface area contributed by atoms with Crippen molar-refractivity contribution in [2.24, 2.45) is 0 Å². The van der Waals surface area contributed by atoms with Gasteiger partial charge in [0.05, 0.1) is 10.5 Å². The monoisotopic (exact) mass is 395 g/mol. The first-order valence-electron chi connectivity index (χ1n) is 9.10. The van der Waals surface area contributed by atoms with Gasteiger partial charge < -0.3 is 5.11 Å². The summed E-state index contributed by atoms with van der Waals surface area (Å²) in [6.45, 7) is 7.41. The second-order valence-electron chi connectivity index (χ2n) is 7.59. The van der Waals surface area contributed by atoms with Gasteiger partial charge in [-0.2, -0.15) is 0 Å². The number of rotatable bonds is 5. The highest BCUT2D eigenvalue weighted by molar-refractivity contribution is 7.92. The summed E-state index contributed by atoms with van der Waals surface area (Å²) in [7, 11) is -3.72. The molecule has 0 aliphatic rings. The molecule has 3 rings (SSSR count). The van der Waals surface area contributed by atoms with E-state index in [1.807, 2.05) is 32.0 Å². The predicted molar refractivity (Wildman–Crippen MR) is 114 cm³/mol. The molecule has 2 N–H and O–H groups in total. The van der Waals surface area contributed by atoms with Gasteiger partial charge in [0.1, 0.15) is 0 Å². The molecule has 0 radical (unpaired) electrons. The third-order valence-corrected chi connectivity index (χ3v) is 6.08. The Hall–Kier alpha value is -2.63. The lowest BCUT2D eigenvalue weighted by Gasteiger charge is -2.19. The largest absolute Gasteiger partial charge is 0.386 e. The van der Waals surface area contributed by atoms with Crippen molar-refractivity contribution in [2.75, 3.05) is 4.72 Å². The molecule has 0 aromatic heterocycles. The van der Waals surface area contributed by atoms with Crippen molar-refractivity contribution in [1.29, 1.82) is 0 Å². The Morgan fingerprint density at radius 1 is 0.893 bits per heavy atom. The van der Waals surface area contributed by atoms with Crippen LogP contribution in [0.4, 0.5) is 5.69 Å². The van der Waals surface area contributed by atoms with E-state index in [1.54, 1.807) is 50.2 Å². The smallest absolute Gasteiger partial charge is 0.261 e. The Kier molecular flexibility index (Phi) is 5.33. The van der Waals surface area contributed by atoms with Crippen LogP contribution in [-0.2, 0) is 15.6 Å². The molecule has 0 saturated heterocycles. The van der Waals surface area contributed by atoms with Crippen molar-refractivity contribution in [2.45, 2.75) is 38.2 Å². The van der Waals surface area contributed by atoms with Gasteiger partial charge in [-0.15, -0.1) is 0 Å². The summed E-state index contributed by atoms with van der Waals surface area (Å²) in [6, 6.07) is 19.8. The summed E-state index contributed by atoms with van der Waals surface area (Å²) in [5.74, 6) is 0. The van der Waals surface area contributed by atoms with Crippen LogP contribution in [0.25, 0.3) is 11.1 Å². The van der Waals surface area contributed by atoms with E-state index in [2.05, 4.69) is 16.9 Å². The van der Waals surface area contributed by atoms with Gasteiger partial charge in [0.15, 0.2) is 0 Å². The van der Waals surface area contributed by atoms with Crippen molar-refractivity contribution in [3.05, 3.63) is 83.4 Å². The van der Waals surface area contributed by atoms with Crippen LogP contribution in [0.1, 0.15) is 30.5 Å². The van der Waals surface area contributed by atoms with Gasteiger partial charge in [0.2, 0.25) is 0 Å². The molecule has 0 spiro atoms. The first-order chi connectivity index (χ1) is 13.1. The Morgan fingerprint density at radius 2 is 1.57 bits per heavy atom. The number of hydrogen-bond donors (Lipinski definition) is 2. The minimum atomic E-state index is -3.72. The van der Waals surface area contributed by atoms with Crippen LogP contribution in [0.3, 0.4) is 0 Å². The SMILES string of the molecule is Cc1ccc(-c2ccc(S(=O)(=O)Nc3cccc(C(C)(C)O)c3)cc2)c(C)c1. The highest BCUT2D eigenvalue weighted by Crippen LogP contribution is 2.27. The third-order valence-electron chi connectivity index (χ3n) is 4.68. The summed E-state index contributed by atoms with van der Waals surface area (Å²) in [5, 5.41) is 10.1. The van der Waals surface area contributed by atoms with Crippen molar-refractivity contribution >= 4 is 15.7 Å². The van der Waals surface area contributed by atoms with Gasteiger partial charge in [-0.25, -0.2) is 8.42 Å². The molecule has 3 aromatic rings. The number of sulfonamides is 1. The van der Waals surface area contributed by atoms with Crippen LogP contribution in [0.2, 0.25) is 0 Å². The minimum absolute atomic E-state index is 0.190. The van der Waals surface area contributed by atoms with Crippen molar-refractivity contribution < 1.29 is 13.5 Å². The lowest BCUT2D eigenvalue weighted by atomic mass is 9.98. The molecule has 4 nitrogen and oxygen atoms in total. The average molecular weight is 396 g/mol. The molecular weight excluding hydrogens is 370 g/mol. The molecule has 0 fully saturated rings. The number of benzene rings is 3. The van der Waals surface area contributed by atoms with E-state index in [0.717, 1.165) is 16.7 Å². The van der Waals surface area contributed by atoms with Crippen LogP contribution < -0.4 is 4.72 Å². The van der Waals surface area contributed by atoms with Gasteiger partial charge >= 0.3 is 0 Å². The fourth-order valence-electron chi connectivity index (χ4n) is 3.13. The zero-order valence-corrected chi connectivity index (χ0v) is 17.3. The van der Waals surface area contributed by atoms with Crippen LogP contribution in [0.5, 0.6) is 0 Å². The Morgan fingerprint density at radius 3 is 2.18 bits per heavy atom. The van der Waals surface area contributed by atoms with Gasteiger partial charge in [0, 0.05) is 5.69 Å². The molecule has 0 heterocycles. The third kappa shape index (κ3) is 4.43. The lowest BCUT2D eigenvalue weighted by Crippen LogP contribution is -2.17. The summed E-state index contributed by atoms with van der Waals surface area (Å²) >= 11 is 0. The molecule has 28 heavy (non-hydrogen) atoms. The van der Waals surface area contributed by atoms with Gasteiger partial charge in [-0.1, -0.05) is 48.0 Å². The maximum Gasteiger partial charge on any atom is 0.261 e. The van der Waals surface area contributed by atoms with Gasteiger partial charge in [0.25, 0.3) is 10.0 Å². The van der Waals surface area contributed by atoms with Crippen molar-refractivity contribution in [1.82, 2.24) is 0 Å². The highest BCUT2D eigenvalue weighted by Gasteiger charge is 2.18. The van der Waals surface area contributed by atoms with E-state index in [-0.39, 0.29) is 4.90 Å². The van der Waals surface area contributed by atoms with Crippen LogP contribution in [0, 0.1) is 13.8 Å². The van der Waals surface area contributed by atoms with Crippen molar-refractivity contribution in [3.63, 3.8) is 0 Å². The normalized spacial score (nSPS) is 12.0. The van der Waals surface area contributed by atoms with E-state index in [9.17, 15) is 13.5 Å². The van der Waals surface area contributed by atoms with Crippen LogP contribution in [0.15, 0.2) is 71.6 Å². The Balaban J connectivity index is 1.87. The quantitative estimate of drug-likeness (QED) is 0.639. The van der Waals surface area contributed by atoms with E-state index in [0.29, 0.717) is 11.3 Å². The number of hydrogen-bond acceptors (Lipinski definition) is 3. The minimum Gasteiger partial charge on any atom is -0.386 e. The molecule has 3 aromatic carbocycles. The van der Waals surface area contributed by atoms with Crippen LogP contribution >= 0.6 is 0 Å². The van der Waals surface area contributed by atoms with E-state index >= 15 is 0 Å². The summed E-state index contributed by atoms with van der Waals surface area (Å²) in [6.07, 6.45) is 0. The summed E-state index contributed by atoms with van der Waals surface area (Å²) in [4.78, 5) is 0.190. The molecule has 0 bridgehead atoms. The summed E-state index contributed by atoms with van der Waals surface area (Å²) < 4.78 is 28.1. The second-order valence-corrected chi connectivity index (χ2v) is 9.27. The standard InChI is InChI=1S/C23H25NO3S/c1-16-8-13-22(17(2)14-16)18-9-11-21(12-10-18)28(26,27)24-20-7-5-6-19(15-20)23(3,4)25/h5-15,24-25H,1-4H3. The number of aryl methyl sites for hydroxylation is 2.